The summed E-state index contributed by atoms with van der Waals surface area (Å²) < 4.78 is 5.05. The lowest BCUT2D eigenvalue weighted by atomic mass is 10.1. The van der Waals surface area contributed by atoms with Crippen LogP contribution in [-0.2, 0) is 11.2 Å². The molecule has 1 atom stereocenters. The molecular formula is C16H16N2O4. The van der Waals surface area contributed by atoms with Gasteiger partial charge in [-0.2, -0.15) is 0 Å². The van der Waals surface area contributed by atoms with Crippen LogP contribution in [0.1, 0.15) is 15.9 Å². The van der Waals surface area contributed by atoms with Crippen molar-refractivity contribution in [3.8, 4) is 5.75 Å². The summed E-state index contributed by atoms with van der Waals surface area (Å²) >= 11 is 0. The van der Waals surface area contributed by atoms with Crippen molar-refractivity contribution in [3.05, 3.63) is 59.9 Å². The number of benzene rings is 1. The average molecular weight is 300 g/mol. The highest BCUT2D eigenvalue weighted by Crippen LogP contribution is 2.13. The Morgan fingerprint density at radius 3 is 2.36 bits per heavy atom. The Labute approximate surface area is 127 Å². The molecule has 1 heterocycles. The Bertz CT molecular complexity index is 641. The van der Waals surface area contributed by atoms with Gasteiger partial charge in [0.25, 0.3) is 5.91 Å². The standard InChI is InChI=1S/C16H16N2O4/c1-22-13-4-2-11(3-5-13)10-14(16(20)21)18-15(19)12-6-8-17-9-7-12/h2-9,14H,10H2,1H3,(H,18,19)(H,20,21)/t14-/m0/s1. The van der Waals surface area contributed by atoms with E-state index in [2.05, 4.69) is 10.3 Å². The zero-order chi connectivity index (χ0) is 15.9. The van der Waals surface area contributed by atoms with Crippen molar-refractivity contribution in [1.29, 1.82) is 0 Å². The van der Waals surface area contributed by atoms with Crippen LogP contribution in [-0.4, -0.2) is 35.1 Å². The fraction of sp³-hybridized carbons (Fsp3) is 0.188. The molecule has 0 aliphatic rings. The maximum atomic E-state index is 12.0. The number of ether oxygens (including phenoxy) is 1. The Hall–Kier alpha value is -2.89. The maximum Gasteiger partial charge on any atom is 0.326 e. The summed E-state index contributed by atoms with van der Waals surface area (Å²) in [5.74, 6) is -0.835. The average Bonchev–Trinajstić information content (AvgIpc) is 2.55. The molecule has 114 valence electrons. The molecule has 0 fully saturated rings. The number of aromatic nitrogens is 1. The van der Waals surface area contributed by atoms with Crippen molar-refractivity contribution < 1.29 is 19.4 Å². The number of hydrogen-bond acceptors (Lipinski definition) is 4. The lowest BCUT2D eigenvalue weighted by molar-refractivity contribution is -0.139. The van der Waals surface area contributed by atoms with Crippen LogP contribution in [0.4, 0.5) is 0 Å². The highest BCUT2D eigenvalue weighted by atomic mass is 16.5. The zero-order valence-corrected chi connectivity index (χ0v) is 12.0. The Balaban J connectivity index is 2.06. The first kappa shape index (κ1) is 15.5. The lowest BCUT2D eigenvalue weighted by Gasteiger charge is -2.15. The number of aliphatic carboxylic acids is 1. The Kier molecular flexibility index (Phi) is 5.08. The summed E-state index contributed by atoms with van der Waals surface area (Å²) in [6.45, 7) is 0. The number of nitrogens with one attached hydrogen (secondary N) is 1. The van der Waals surface area contributed by atoms with Crippen LogP contribution in [0.3, 0.4) is 0 Å². The molecule has 0 saturated heterocycles. The van der Waals surface area contributed by atoms with Gasteiger partial charge in [0, 0.05) is 24.4 Å². The molecule has 0 unspecified atom stereocenters. The van der Waals surface area contributed by atoms with Gasteiger partial charge in [0.05, 0.1) is 7.11 Å². The minimum Gasteiger partial charge on any atom is -0.497 e. The second-order valence-corrected chi connectivity index (χ2v) is 4.65. The van der Waals surface area contributed by atoms with Crippen LogP contribution in [0.2, 0.25) is 0 Å². The summed E-state index contributed by atoms with van der Waals surface area (Å²) in [5, 5.41) is 11.8. The van der Waals surface area contributed by atoms with Gasteiger partial charge in [-0.1, -0.05) is 12.1 Å². The predicted molar refractivity (Wildman–Crippen MR) is 79.8 cm³/mol. The number of carboxylic acid groups (broad SMARTS) is 1. The van der Waals surface area contributed by atoms with E-state index >= 15 is 0 Å². The highest BCUT2D eigenvalue weighted by Gasteiger charge is 2.21. The molecule has 0 aliphatic heterocycles. The van der Waals surface area contributed by atoms with Crippen molar-refractivity contribution in [3.63, 3.8) is 0 Å². The highest BCUT2D eigenvalue weighted by molar-refractivity contribution is 5.96. The van der Waals surface area contributed by atoms with Gasteiger partial charge >= 0.3 is 5.97 Å². The first-order valence-electron chi connectivity index (χ1n) is 6.67. The van der Waals surface area contributed by atoms with Crippen molar-refractivity contribution in [2.24, 2.45) is 0 Å². The van der Waals surface area contributed by atoms with E-state index in [0.29, 0.717) is 11.3 Å². The molecule has 0 aliphatic carbocycles. The Morgan fingerprint density at radius 2 is 1.82 bits per heavy atom. The third kappa shape index (κ3) is 4.05. The summed E-state index contributed by atoms with van der Waals surface area (Å²) in [7, 11) is 1.56. The number of carbonyl (C=O) groups excluding carboxylic acids is 1. The van der Waals surface area contributed by atoms with Gasteiger partial charge < -0.3 is 15.2 Å². The number of methoxy groups -OCH3 is 1. The molecule has 1 aromatic carbocycles. The number of amides is 1. The number of carbonyl (C=O) groups is 2. The number of pyridine rings is 1. The van der Waals surface area contributed by atoms with Crippen molar-refractivity contribution >= 4 is 11.9 Å². The molecular weight excluding hydrogens is 284 g/mol. The Morgan fingerprint density at radius 1 is 1.18 bits per heavy atom. The second-order valence-electron chi connectivity index (χ2n) is 4.65. The van der Waals surface area contributed by atoms with Crippen LogP contribution < -0.4 is 10.1 Å². The molecule has 0 radical (unpaired) electrons. The van der Waals surface area contributed by atoms with E-state index in [1.54, 1.807) is 31.4 Å². The molecule has 6 nitrogen and oxygen atoms in total. The van der Waals surface area contributed by atoms with Crippen LogP contribution >= 0.6 is 0 Å². The lowest BCUT2D eigenvalue weighted by Crippen LogP contribution is -2.42. The third-order valence-electron chi connectivity index (χ3n) is 3.14. The minimum atomic E-state index is -1.08. The van der Waals surface area contributed by atoms with Crippen molar-refractivity contribution in [2.45, 2.75) is 12.5 Å². The number of hydrogen-bond donors (Lipinski definition) is 2. The number of carboxylic acids is 1. The van der Waals surface area contributed by atoms with Gasteiger partial charge in [0.2, 0.25) is 0 Å². The van der Waals surface area contributed by atoms with E-state index in [4.69, 9.17) is 4.74 Å². The normalized spacial score (nSPS) is 11.5. The van der Waals surface area contributed by atoms with Gasteiger partial charge in [-0.3, -0.25) is 9.78 Å². The van der Waals surface area contributed by atoms with Gasteiger partial charge in [-0.05, 0) is 29.8 Å². The van der Waals surface area contributed by atoms with Gasteiger partial charge in [-0.15, -0.1) is 0 Å². The van der Waals surface area contributed by atoms with Crippen LogP contribution in [0.25, 0.3) is 0 Å². The molecule has 22 heavy (non-hydrogen) atoms. The smallest absolute Gasteiger partial charge is 0.326 e. The fourth-order valence-corrected chi connectivity index (χ4v) is 1.94. The summed E-state index contributed by atoms with van der Waals surface area (Å²) in [5.41, 5.74) is 1.17. The molecule has 2 rings (SSSR count). The molecule has 1 aromatic heterocycles. The van der Waals surface area contributed by atoms with Gasteiger partial charge in [0.15, 0.2) is 0 Å². The van der Waals surface area contributed by atoms with Crippen molar-refractivity contribution in [1.82, 2.24) is 10.3 Å². The van der Waals surface area contributed by atoms with E-state index in [1.807, 2.05) is 0 Å². The van der Waals surface area contributed by atoms with E-state index < -0.39 is 17.9 Å². The molecule has 1 amide bonds. The first-order valence-corrected chi connectivity index (χ1v) is 6.67. The topological polar surface area (TPSA) is 88.5 Å². The van der Waals surface area contributed by atoms with Gasteiger partial charge in [0.1, 0.15) is 11.8 Å². The van der Waals surface area contributed by atoms with E-state index in [-0.39, 0.29) is 6.42 Å². The number of nitrogens with zero attached hydrogens (tertiary/aromatic N) is 1. The second kappa shape index (κ2) is 7.21. The summed E-state index contributed by atoms with van der Waals surface area (Å²) in [6.07, 6.45) is 3.15. The monoisotopic (exact) mass is 300 g/mol. The molecule has 0 spiro atoms. The molecule has 6 heteroatoms. The third-order valence-corrected chi connectivity index (χ3v) is 3.14. The summed E-state index contributed by atoms with van der Waals surface area (Å²) in [6, 6.07) is 9.09. The molecule has 2 N–H and O–H groups in total. The number of rotatable bonds is 6. The minimum absolute atomic E-state index is 0.191. The predicted octanol–water partition coefficient (Wildman–Crippen LogP) is 1.52. The molecule has 2 aromatic rings. The first-order chi connectivity index (χ1) is 10.6. The van der Waals surface area contributed by atoms with Gasteiger partial charge in [-0.25, -0.2) is 4.79 Å². The fourth-order valence-electron chi connectivity index (χ4n) is 1.94. The van der Waals surface area contributed by atoms with Crippen LogP contribution in [0, 0.1) is 0 Å². The van der Waals surface area contributed by atoms with Crippen molar-refractivity contribution in [2.75, 3.05) is 7.11 Å². The van der Waals surface area contributed by atoms with E-state index in [1.165, 1.54) is 24.5 Å². The molecule has 0 bridgehead atoms. The maximum absolute atomic E-state index is 12.0. The molecule has 0 saturated carbocycles. The largest absolute Gasteiger partial charge is 0.497 e. The van der Waals surface area contributed by atoms with Crippen LogP contribution in [0.15, 0.2) is 48.8 Å². The van der Waals surface area contributed by atoms with E-state index in [0.717, 1.165) is 5.56 Å². The SMILES string of the molecule is COc1ccc(C[C@H](NC(=O)c2ccncc2)C(=O)O)cc1. The zero-order valence-electron chi connectivity index (χ0n) is 12.0. The van der Waals surface area contributed by atoms with E-state index in [9.17, 15) is 14.7 Å². The summed E-state index contributed by atoms with van der Waals surface area (Å²) in [4.78, 5) is 27.2. The van der Waals surface area contributed by atoms with Crippen LogP contribution in [0.5, 0.6) is 5.75 Å². The quantitative estimate of drug-likeness (QED) is 0.844.